The number of fused-ring (bicyclic) bond motifs is 3. The van der Waals surface area contributed by atoms with E-state index in [-0.39, 0.29) is 5.54 Å². The molecule has 3 rings (SSSR count). The van der Waals surface area contributed by atoms with Crippen molar-refractivity contribution in [3.8, 4) is 0 Å². The molecule has 1 aromatic heterocycles. The monoisotopic (exact) mass is 226 g/mol. The quantitative estimate of drug-likeness (QED) is 0.535. The number of hydrogen-bond acceptors (Lipinski definition) is 1. The molecule has 0 aliphatic heterocycles. The molecule has 0 aliphatic rings. The lowest BCUT2D eigenvalue weighted by Crippen LogP contribution is -2.48. The number of hydrogen-bond donors (Lipinski definition) is 0. The van der Waals surface area contributed by atoms with Crippen molar-refractivity contribution < 1.29 is 8.98 Å². The van der Waals surface area contributed by atoms with Gasteiger partial charge in [-0.15, -0.1) is 0 Å². The van der Waals surface area contributed by atoms with E-state index in [4.69, 9.17) is 4.42 Å². The van der Waals surface area contributed by atoms with Crippen molar-refractivity contribution in [2.24, 2.45) is 0 Å². The molecule has 2 aromatic carbocycles. The number of oxazole rings is 1. The van der Waals surface area contributed by atoms with E-state index in [0.29, 0.717) is 0 Å². The fourth-order valence-electron chi connectivity index (χ4n) is 2.23. The van der Waals surface area contributed by atoms with Crippen molar-refractivity contribution in [1.82, 2.24) is 0 Å². The summed E-state index contributed by atoms with van der Waals surface area (Å²) in [5, 5.41) is 2.49. The molecule has 0 unspecified atom stereocenters. The molecule has 0 saturated heterocycles. The van der Waals surface area contributed by atoms with Crippen molar-refractivity contribution in [1.29, 1.82) is 0 Å². The third-order valence-electron chi connectivity index (χ3n) is 3.11. The van der Waals surface area contributed by atoms with Crippen LogP contribution in [0.3, 0.4) is 0 Å². The molecule has 0 N–H and O–H groups in total. The number of rotatable bonds is 0. The molecule has 2 heteroatoms. The summed E-state index contributed by atoms with van der Waals surface area (Å²) >= 11 is 0. The Bertz CT molecular complexity index is 689. The summed E-state index contributed by atoms with van der Waals surface area (Å²) in [5.41, 5.74) is 2.14. The lowest BCUT2D eigenvalue weighted by Gasteiger charge is -2.10. The first-order valence-electron chi connectivity index (χ1n) is 5.88. The van der Waals surface area contributed by atoms with Gasteiger partial charge < -0.3 is 4.42 Å². The first-order valence-corrected chi connectivity index (χ1v) is 5.88. The average Bonchev–Trinajstić information content (AvgIpc) is 2.72. The van der Waals surface area contributed by atoms with E-state index >= 15 is 0 Å². The van der Waals surface area contributed by atoms with Gasteiger partial charge in [0, 0.05) is 20.8 Å². The van der Waals surface area contributed by atoms with Crippen LogP contribution in [0.2, 0.25) is 0 Å². The minimum atomic E-state index is 0.0232. The van der Waals surface area contributed by atoms with E-state index in [9.17, 15) is 0 Å². The number of benzene rings is 2. The van der Waals surface area contributed by atoms with Crippen LogP contribution in [0.4, 0.5) is 0 Å². The molecule has 86 valence electrons. The Morgan fingerprint density at radius 2 is 1.76 bits per heavy atom. The fraction of sp³-hybridized carbons (Fsp3) is 0.267. The first kappa shape index (κ1) is 10.3. The van der Waals surface area contributed by atoms with E-state index in [1.54, 1.807) is 0 Å². The highest BCUT2D eigenvalue weighted by Gasteiger charge is 2.28. The summed E-state index contributed by atoms with van der Waals surface area (Å²) in [6.07, 6.45) is 1.82. The zero-order valence-electron chi connectivity index (χ0n) is 10.4. The summed E-state index contributed by atoms with van der Waals surface area (Å²) < 4.78 is 7.85. The van der Waals surface area contributed by atoms with Gasteiger partial charge in [-0.3, -0.25) is 0 Å². The van der Waals surface area contributed by atoms with Gasteiger partial charge in [-0.1, -0.05) is 24.3 Å². The third-order valence-corrected chi connectivity index (χ3v) is 3.11. The van der Waals surface area contributed by atoms with Gasteiger partial charge >= 0.3 is 6.39 Å². The van der Waals surface area contributed by atoms with Gasteiger partial charge in [0.05, 0.1) is 5.39 Å². The zero-order valence-corrected chi connectivity index (χ0v) is 10.4. The predicted molar refractivity (Wildman–Crippen MR) is 68.9 cm³/mol. The van der Waals surface area contributed by atoms with Crippen LogP contribution in [0.25, 0.3) is 21.9 Å². The molecule has 0 saturated carbocycles. The van der Waals surface area contributed by atoms with Gasteiger partial charge in [0.25, 0.3) is 5.52 Å². The molecule has 3 aromatic rings. The Morgan fingerprint density at radius 1 is 1.00 bits per heavy atom. The van der Waals surface area contributed by atoms with Crippen LogP contribution in [0.15, 0.2) is 47.2 Å². The van der Waals surface area contributed by atoms with E-state index in [1.807, 2.05) is 12.5 Å². The summed E-state index contributed by atoms with van der Waals surface area (Å²) in [4.78, 5) is 0. The molecule has 0 amide bonds. The highest BCUT2D eigenvalue weighted by molar-refractivity contribution is 6.01. The summed E-state index contributed by atoms with van der Waals surface area (Å²) in [7, 11) is 0. The van der Waals surface area contributed by atoms with Crippen molar-refractivity contribution in [2.75, 3.05) is 0 Å². The Balaban J connectivity index is 2.51. The Labute approximate surface area is 100 Å². The van der Waals surface area contributed by atoms with E-state index < -0.39 is 0 Å². The Hall–Kier alpha value is -1.83. The lowest BCUT2D eigenvalue weighted by atomic mass is 10.1. The van der Waals surface area contributed by atoms with Gasteiger partial charge in [-0.2, -0.15) is 4.57 Å². The SMILES string of the molecule is CC(C)(C)[n+]1coc2ccc3ccccc3c21. The standard InChI is InChI=1S/C15H16NO/c1-15(2,3)16-10-17-13-9-8-11-6-4-5-7-12(11)14(13)16/h4-10H,1-3H3/q+1. The van der Waals surface area contributed by atoms with Crippen LogP contribution in [0, 0.1) is 0 Å². The Kier molecular flexibility index (Phi) is 2.02. The average molecular weight is 226 g/mol. The molecule has 17 heavy (non-hydrogen) atoms. The zero-order chi connectivity index (χ0) is 12.0. The van der Waals surface area contributed by atoms with E-state index in [2.05, 4.69) is 55.7 Å². The van der Waals surface area contributed by atoms with Gasteiger partial charge in [0.2, 0.25) is 5.58 Å². The molecule has 2 nitrogen and oxygen atoms in total. The first-order chi connectivity index (χ1) is 8.07. The normalized spacial score (nSPS) is 12.4. The largest absolute Gasteiger partial charge is 0.404 e. The topological polar surface area (TPSA) is 17.0 Å². The molecule has 0 atom stereocenters. The molecule has 0 fully saturated rings. The van der Waals surface area contributed by atoms with Gasteiger partial charge in [0.1, 0.15) is 0 Å². The second-order valence-corrected chi connectivity index (χ2v) is 5.40. The minimum Gasteiger partial charge on any atom is -0.404 e. The van der Waals surface area contributed by atoms with E-state index in [0.717, 1.165) is 5.58 Å². The molecular formula is C15H16NO+. The summed E-state index contributed by atoms with van der Waals surface area (Å²) in [6, 6.07) is 12.6. The van der Waals surface area contributed by atoms with Crippen LogP contribution in [0.5, 0.6) is 0 Å². The predicted octanol–water partition coefficient (Wildman–Crippen LogP) is 3.63. The maximum absolute atomic E-state index is 5.65. The lowest BCUT2D eigenvalue weighted by molar-refractivity contribution is -0.734. The smallest absolute Gasteiger partial charge is 0.335 e. The van der Waals surface area contributed by atoms with Crippen LogP contribution in [-0.4, -0.2) is 0 Å². The fourth-order valence-corrected chi connectivity index (χ4v) is 2.23. The second-order valence-electron chi connectivity index (χ2n) is 5.40. The maximum atomic E-state index is 5.65. The van der Waals surface area contributed by atoms with Crippen molar-refractivity contribution >= 4 is 21.9 Å². The van der Waals surface area contributed by atoms with Crippen LogP contribution < -0.4 is 4.57 Å². The van der Waals surface area contributed by atoms with Crippen molar-refractivity contribution in [3.63, 3.8) is 0 Å². The molecule has 0 bridgehead atoms. The third kappa shape index (κ3) is 1.52. The summed E-state index contributed by atoms with van der Waals surface area (Å²) in [5.74, 6) is 0. The maximum Gasteiger partial charge on any atom is 0.335 e. The van der Waals surface area contributed by atoms with Crippen LogP contribution in [0.1, 0.15) is 20.8 Å². The molecule has 0 radical (unpaired) electrons. The molecule has 0 spiro atoms. The molecular weight excluding hydrogens is 210 g/mol. The van der Waals surface area contributed by atoms with Crippen molar-refractivity contribution in [2.45, 2.75) is 26.3 Å². The number of nitrogens with zero attached hydrogens (tertiary/aromatic N) is 1. The number of aromatic nitrogens is 1. The second kappa shape index (κ2) is 3.33. The molecule has 1 heterocycles. The molecule has 0 aliphatic carbocycles. The summed E-state index contributed by atoms with van der Waals surface area (Å²) in [6.45, 7) is 6.55. The van der Waals surface area contributed by atoms with E-state index in [1.165, 1.54) is 16.3 Å². The van der Waals surface area contributed by atoms with Gasteiger partial charge in [0.15, 0.2) is 5.54 Å². The highest BCUT2D eigenvalue weighted by atomic mass is 16.3. The highest BCUT2D eigenvalue weighted by Crippen LogP contribution is 2.24. The van der Waals surface area contributed by atoms with Gasteiger partial charge in [-0.25, -0.2) is 0 Å². The van der Waals surface area contributed by atoms with Crippen LogP contribution >= 0.6 is 0 Å². The minimum absolute atomic E-state index is 0.0232. The van der Waals surface area contributed by atoms with Crippen molar-refractivity contribution in [3.05, 3.63) is 42.8 Å². The van der Waals surface area contributed by atoms with Crippen LogP contribution in [-0.2, 0) is 5.54 Å². The van der Waals surface area contributed by atoms with Gasteiger partial charge in [-0.05, 0) is 17.5 Å². The Morgan fingerprint density at radius 3 is 2.53 bits per heavy atom.